The van der Waals surface area contributed by atoms with Crippen LogP contribution in [0.15, 0.2) is 35.5 Å². The highest BCUT2D eigenvalue weighted by molar-refractivity contribution is 7.89. The first-order valence-corrected chi connectivity index (χ1v) is 11.8. The minimum absolute atomic E-state index is 0.0410. The van der Waals surface area contributed by atoms with Crippen LogP contribution in [0.25, 0.3) is 22.4 Å². The number of nitrogens with zero attached hydrogens (tertiary/aromatic N) is 3. The SMILES string of the molecule is CC(C)(C)NS(=O)(=O)c1ccc(-c2c(C(N)=O)c3cc(Cl)cnc3n2C2CCC2)nc1. The number of primary amides is 1. The normalized spacial score (nSPS) is 15.2. The molecule has 0 spiro atoms. The van der Waals surface area contributed by atoms with Gasteiger partial charge in [0.2, 0.25) is 10.0 Å². The average molecular weight is 462 g/mol. The lowest BCUT2D eigenvalue weighted by molar-refractivity contribution is 0.100. The van der Waals surface area contributed by atoms with Crippen LogP contribution in [0.1, 0.15) is 56.4 Å². The maximum Gasteiger partial charge on any atom is 0.251 e. The third kappa shape index (κ3) is 4.05. The van der Waals surface area contributed by atoms with E-state index < -0.39 is 21.5 Å². The molecule has 1 aliphatic carbocycles. The standard InChI is InChI=1S/C21H24ClN5O3S/c1-21(2,3)26-31(29,30)14-7-8-16(24-11-14)18-17(19(23)28)15-9-12(22)10-25-20(15)27(18)13-5-4-6-13/h7-11,13,26H,4-6H2,1-3H3,(H2,23,28). The summed E-state index contributed by atoms with van der Waals surface area (Å²) in [6.07, 6.45) is 5.79. The van der Waals surface area contributed by atoms with Crippen molar-refractivity contribution >= 4 is 38.6 Å². The molecule has 0 radical (unpaired) electrons. The second-order valence-electron chi connectivity index (χ2n) is 8.80. The molecule has 0 aliphatic heterocycles. The van der Waals surface area contributed by atoms with Gasteiger partial charge in [-0.2, -0.15) is 0 Å². The number of carbonyl (C=O) groups excluding carboxylic acids is 1. The molecule has 1 aliphatic rings. The van der Waals surface area contributed by atoms with Gasteiger partial charge in [0.05, 0.1) is 22.0 Å². The summed E-state index contributed by atoms with van der Waals surface area (Å²) in [6.45, 7) is 5.29. The Bertz CT molecular complexity index is 1270. The predicted molar refractivity (Wildman–Crippen MR) is 119 cm³/mol. The maximum absolute atomic E-state index is 12.6. The number of nitrogens with one attached hydrogen (secondary N) is 1. The van der Waals surface area contributed by atoms with Crippen LogP contribution in [-0.2, 0) is 10.0 Å². The van der Waals surface area contributed by atoms with Gasteiger partial charge in [-0.05, 0) is 58.2 Å². The van der Waals surface area contributed by atoms with Crippen LogP contribution < -0.4 is 10.5 Å². The number of halogens is 1. The van der Waals surface area contributed by atoms with Gasteiger partial charge in [-0.1, -0.05) is 11.6 Å². The number of pyridine rings is 2. The number of aromatic nitrogens is 3. The topological polar surface area (TPSA) is 120 Å². The Kier molecular flexibility index (Phi) is 5.31. The predicted octanol–water partition coefficient (Wildman–Crippen LogP) is 3.65. The quantitative estimate of drug-likeness (QED) is 0.600. The van der Waals surface area contributed by atoms with Gasteiger partial charge in [-0.3, -0.25) is 9.78 Å². The molecule has 3 aromatic rings. The molecule has 0 atom stereocenters. The van der Waals surface area contributed by atoms with E-state index in [0.717, 1.165) is 19.3 Å². The Morgan fingerprint density at radius 1 is 1.23 bits per heavy atom. The molecule has 8 nitrogen and oxygen atoms in total. The number of sulfonamides is 1. The number of rotatable bonds is 5. The summed E-state index contributed by atoms with van der Waals surface area (Å²) in [4.78, 5) is 21.3. The third-order valence-electron chi connectivity index (χ3n) is 5.22. The van der Waals surface area contributed by atoms with Crippen molar-refractivity contribution in [2.45, 2.75) is 56.5 Å². The fourth-order valence-electron chi connectivity index (χ4n) is 3.80. The number of nitrogens with two attached hydrogens (primary N) is 1. The van der Waals surface area contributed by atoms with Crippen molar-refractivity contribution in [2.75, 3.05) is 0 Å². The van der Waals surface area contributed by atoms with Gasteiger partial charge >= 0.3 is 0 Å². The highest BCUT2D eigenvalue weighted by atomic mass is 35.5. The van der Waals surface area contributed by atoms with E-state index in [-0.39, 0.29) is 16.5 Å². The van der Waals surface area contributed by atoms with Crippen LogP contribution in [0.4, 0.5) is 0 Å². The number of amides is 1. The number of fused-ring (bicyclic) bond motifs is 1. The van der Waals surface area contributed by atoms with Crippen LogP contribution in [0.3, 0.4) is 0 Å². The zero-order chi connectivity index (χ0) is 22.6. The van der Waals surface area contributed by atoms with Crippen LogP contribution in [0.5, 0.6) is 0 Å². The van der Waals surface area contributed by atoms with E-state index in [1.807, 2.05) is 4.57 Å². The van der Waals surface area contributed by atoms with Gasteiger partial charge in [0, 0.05) is 29.4 Å². The summed E-state index contributed by atoms with van der Waals surface area (Å²) in [5.74, 6) is -0.616. The minimum atomic E-state index is -3.73. The lowest BCUT2D eigenvalue weighted by Gasteiger charge is -2.29. The van der Waals surface area contributed by atoms with E-state index in [0.29, 0.717) is 27.4 Å². The average Bonchev–Trinajstić information content (AvgIpc) is 2.92. The molecule has 3 heterocycles. The third-order valence-corrected chi connectivity index (χ3v) is 7.17. The van der Waals surface area contributed by atoms with E-state index in [9.17, 15) is 13.2 Å². The fourth-order valence-corrected chi connectivity index (χ4v) is 5.33. The molecule has 0 unspecified atom stereocenters. The van der Waals surface area contributed by atoms with Gasteiger partial charge in [0.25, 0.3) is 5.91 Å². The van der Waals surface area contributed by atoms with Crippen LogP contribution in [0, 0.1) is 0 Å². The highest BCUT2D eigenvalue weighted by Crippen LogP contribution is 2.42. The largest absolute Gasteiger partial charge is 0.366 e. The number of hydrogen-bond donors (Lipinski definition) is 2. The van der Waals surface area contributed by atoms with Crippen molar-refractivity contribution in [3.63, 3.8) is 0 Å². The molecule has 3 aromatic heterocycles. The molecule has 0 saturated heterocycles. The molecule has 31 heavy (non-hydrogen) atoms. The molecule has 10 heteroatoms. The summed E-state index contributed by atoms with van der Waals surface area (Å²) < 4.78 is 29.8. The van der Waals surface area contributed by atoms with Crippen molar-refractivity contribution in [2.24, 2.45) is 5.73 Å². The Balaban J connectivity index is 1.90. The van der Waals surface area contributed by atoms with E-state index in [4.69, 9.17) is 17.3 Å². The van der Waals surface area contributed by atoms with Gasteiger partial charge < -0.3 is 10.3 Å². The molecule has 1 saturated carbocycles. The van der Waals surface area contributed by atoms with Crippen molar-refractivity contribution in [3.05, 3.63) is 41.2 Å². The molecule has 0 aromatic carbocycles. The van der Waals surface area contributed by atoms with Gasteiger partial charge in [0.15, 0.2) is 0 Å². The van der Waals surface area contributed by atoms with Gasteiger partial charge in [0.1, 0.15) is 10.5 Å². The second-order valence-corrected chi connectivity index (χ2v) is 10.9. The first kappa shape index (κ1) is 21.7. The Labute approximate surface area is 185 Å². The number of hydrogen-bond acceptors (Lipinski definition) is 5. The van der Waals surface area contributed by atoms with E-state index in [1.54, 1.807) is 32.9 Å². The van der Waals surface area contributed by atoms with Gasteiger partial charge in [-0.25, -0.2) is 18.1 Å². The lowest BCUT2D eigenvalue weighted by Crippen LogP contribution is -2.40. The van der Waals surface area contributed by atoms with Crippen molar-refractivity contribution < 1.29 is 13.2 Å². The van der Waals surface area contributed by atoms with E-state index in [1.165, 1.54) is 18.5 Å². The second kappa shape index (κ2) is 7.58. The van der Waals surface area contributed by atoms with Crippen molar-refractivity contribution in [3.8, 4) is 11.4 Å². The zero-order valence-electron chi connectivity index (χ0n) is 17.5. The Morgan fingerprint density at radius 2 is 1.94 bits per heavy atom. The molecular weight excluding hydrogens is 438 g/mol. The summed E-state index contributed by atoms with van der Waals surface area (Å²) in [6, 6.07) is 4.90. The summed E-state index contributed by atoms with van der Waals surface area (Å²) in [7, 11) is -3.73. The molecule has 1 amide bonds. The smallest absolute Gasteiger partial charge is 0.251 e. The summed E-state index contributed by atoms with van der Waals surface area (Å²) in [5, 5.41) is 0.963. The molecular formula is C21H24ClN5O3S. The van der Waals surface area contributed by atoms with Crippen LogP contribution >= 0.6 is 11.6 Å². The summed E-state index contributed by atoms with van der Waals surface area (Å²) >= 11 is 6.14. The van der Waals surface area contributed by atoms with Gasteiger partial charge in [-0.15, -0.1) is 0 Å². The first-order valence-electron chi connectivity index (χ1n) is 9.97. The van der Waals surface area contributed by atoms with E-state index >= 15 is 0 Å². The fraction of sp³-hybridized carbons (Fsp3) is 0.381. The van der Waals surface area contributed by atoms with Crippen LogP contribution in [-0.4, -0.2) is 34.4 Å². The molecule has 0 bridgehead atoms. The Hall–Kier alpha value is -2.49. The Morgan fingerprint density at radius 3 is 2.45 bits per heavy atom. The molecule has 164 valence electrons. The first-order chi connectivity index (χ1) is 14.5. The van der Waals surface area contributed by atoms with Crippen molar-refractivity contribution in [1.82, 2.24) is 19.3 Å². The summed E-state index contributed by atoms with van der Waals surface area (Å²) in [5.41, 5.74) is 7.01. The maximum atomic E-state index is 12.6. The van der Waals surface area contributed by atoms with Crippen LogP contribution in [0.2, 0.25) is 5.02 Å². The molecule has 1 fully saturated rings. The molecule has 3 N–H and O–H groups in total. The zero-order valence-corrected chi connectivity index (χ0v) is 19.1. The monoisotopic (exact) mass is 461 g/mol. The highest BCUT2D eigenvalue weighted by Gasteiger charge is 2.31. The minimum Gasteiger partial charge on any atom is -0.366 e. The molecule has 4 rings (SSSR count). The van der Waals surface area contributed by atoms with Crippen molar-refractivity contribution in [1.29, 1.82) is 0 Å². The lowest BCUT2D eigenvalue weighted by atomic mass is 9.92. The number of carbonyl (C=O) groups is 1. The van der Waals surface area contributed by atoms with E-state index in [2.05, 4.69) is 14.7 Å².